The van der Waals surface area contributed by atoms with Gasteiger partial charge >= 0.3 is 0 Å². The largest absolute Gasteiger partial charge is 0.493 e. The monoisotopic (exact) mass is 373 g/mol. The predicted octanol–water partition coefficient (Wildman–Crippen LogP) is 2.63. The average Bonchev–Trinajstić information content (AvgIpc) is 2.72. The SMILES string of the molecule is COc1ccc(C(=O)NCc2ccc(OCCN(C)N=O)cc2)cc1OC. The molecule has 8 heteroatoms. The van der Waals surface area contributed by atoms with E-state index in [1.54, 1.807) is 32.4 Å². The molecule has 0 aliphatic heterocycles. The van der Waals surface area contributed by atoms with Crippen LogP contribution in [-0.2, 0) is 6.54 Å². The van der Waals surface area contributed by atoms with Gasteiger partial charge in [0.05, 0.1) is 26.1 Å². The van der Waals surface area contributed by atoms with Crippen molar-refractivity contribution in [2.24, 2.45) is 5.29 Å². The molecular formula is C19H23N3O5. The van der Waals surface area contributed by atoms with Crippen molar-refractivity contribution in [3.63, 3.8) is 0 Å². The minimum atomic E-state index is -0.208. The van der Waals surface area contributed by atoms with Crippen molar-refractivity contribution in [3.05, 3.63) is 58.5 Å². The number of nitroso groups, excluding NO2 is 1. The molecular weight excluding hydrogens is 350 g/mol. The maximum absolute atomic E-state index is 12.3. The van der Waals surface area contributed by atoms with Crippen molar-refractivity contribution in [1.29, 1.82) is 0 Å². The highest BCUT2D eigenvalue weighted by molar-refractivity contribution is 5.94. The van der Waals surface area contributed by atoms with Crippen LogP contribution in [-0.4, -0.2) is 45.3 Å². The summed E-state index contributed by atoms with van der Waals surface area (Å²) < 4.78 is 15.9. The molecule has 8 nitrogen and oxygen atoms in total. The summed E-state index contributed by atoms with van der Waals surface area (Å²) in [4.78, 5) is 22.6. The van der Waals surface area contributed by atoms with Crippen molar-refractivity contribution >= 4 is 5.91 Å². The van der Waals surface area contributed by atoms with Crippen LogP contribution in [0.1, 0.15) is 15.9 Å². The highest BCUT2D eigenvalue weighted by atomic mass is 16.5. The molecule has 0 spiro atoms. The Balaban J connectivity index is 1.87. The Morgan fingerprint density at radius 2 is 1.78 bits per heavy atom. The number of hydrogen-bond donors (Lipinski definition) is 1. The van der Waals surface area contributed by atoms with Crippen molar-refractivity contribution in [2.45, 2.75) is 6.54 Å². The number of carbonyl (C=O) groups is 1. The van der Waals surface area contributed by atoms with Gasteiger partial charge in [-0.1, -0.05) is 12.1 Å². The van der Waals surface area contributed by atoms with E-state index in [4.69, 9.17) is 14.2 Å². The molecule has 27 heavy (non-hydrogen) atoms. The summed E-state index contributed by atoms with van der Waals surface area (Å²) in [5.41, 5.74) is 1.42. The van der Waals surface area contributed by atoms with Gasteiger partial charge < -0.3 is 19.5 Å². The highest BCUT2D eigenvalue weighted by Crippen LogP contribution is 2.27. The normalized spacial score (nSPS) is 10.0. The van der Waals surface area contributed by atoms with Crippen molar-refractivity contribution in [3.8, 4) is 17.2 Å². The molecule has 144 valence electrons. The van der Waals surface area contributed by atoms with Gasteiger partial charge in [0.25, 0.3) is 5.91 Å². The average molecular weight is 373 g/mol. The van der Waals surface area contributed by atoms with Gasteiger partial charge in [0, 0.05) is 19.2 Å². The predicted molar refractivity (Wildman–Crippen MR) is 101 cm³/mol. The second-order valence-electron chi connectivity index (χ2n) is 5.71. The molecule has 0 fully saturated rings. The molecule has 0 unspecified atom stereocenters. The maximum Gasteiger partial charge on any atom is 0.251 e. The minimum Gasteiger partial charge on any atom is -0.493 e. The molecule has 0 saturated heterocycles. The van der Waals surface area contributed by atoms with E-state index in [1.807, 2.05) is 24.3 Å². The fourth-order valence-corrected chi connectivity index (χ4v) is 2.30. The zero-order valence-electron chi connectivity index (χ0n) is 15.6. The Kier molecular flexibility index (Phi) is 7.42. The quantitative estimate of drug-likeness (QED) is 0.509. The third kappa shape index (κ3) is 5.88. The lowest BCUT2D eigenvalue weighted by atomic mass is 10.1. The molecule has 2 rings (SSSR count). The van der Waals surface area contributed by atoms with Gasteiger partial charge in [-0.3, -0.25) is 9.80 Å². The zero-order valence-corrected chi connectivity index (χ0v) is 15.6. The Labute approximate surface area is 158 Å². The number of nitrogens with one attached hydrogen (secondary N) is 1. The first-order valence-electron chi connectivity index (χ1n) is 8.33. The number of nitrogens with zero attached hydrogens (tertiary/aromatic N) is 2. The van der Waals surface area contributed by atoms with Gasteiger partial charge in [0.1, 0.15) is 12.4 Å². The van der Waals surface area contributed by atoms with Crippen LogP contribution in [0, 0.1) is 4.91 Å². The molecule has 2 aromatic rings. The molecule has 1 N–H and O–H groups in total. The van der Waals surface area contributed by atoms with Gasteiger partial charge in [-0.15, -0.1) is 4.91 Å². The lowest BCUT2D eigenvalue weighted by Crippen LogP contribution is -2.22. The van der Waals surface area contributed by atoms with Crippen LogP contribution >= 0.6 is 0 Å². The zero-order chi connectivity index (χ0) is 19.6. The molecule has 2 aromatic carbocycles. The molecule has 0 saturated carbocycles. The standard InChI is InChI=1S/C19H23N3O5/c1-22(21-24)10-11-27-16-7-4-14(5-8-16)13-20-19(23)15-6-9-17(25-2)18(12-15)26-3/h4-9,12H,10-11,13H2,1-3H3,(H,20,23). The van der Waals surface area contributed by atoms with E-state index in [2.05, 4.69) is 10.6 Å². The van der Waals surface area contributed by atoms with Gasteiger partial charge in [-0.25, -0.2) is 0 Å². The van der Waals surface area contributed by atoms with E-state index in [-0.39, 0.29) is 5.91 Å². The van der Waals surface area contributed by atoms with E-state index in [0.29, 0.717) is 42.5 Å². The lowest BCUT2D eigenvalue weighted by Gasteiger charge is -2.11. The van der Waals surface area contributed by atoms with E-state index < -0.39 is 0 Å². The fourth-order valence-electron chi connectivity index (χ4n) is 2.30. The Morgan fingerprint density at radius 1 is 1.07 bits per heavy atom. The number of rotatable bonds is 10. The maximum atomic E-state index is 12.3. The first-order chi connectivity index (χ1) is 13.1. The lowest BCUT2D eigenvalue weighted by molar-refractivity contribution is 0.0950. The summed E-state index contributed by atoms with van der Waals surface area (Å²) >= 11 is 0. The number of carbonyl (C=O) groups excluding carboxylic acids is 1. The summed E-state index contributed by atoms with van der Waals surface area (Å²) in [7, 11) is 4.65. The molecule has 0 aromatic heterocycles. The third-order valence-corrected chi connectivity index (χ3v) is 3.85. The number of benzene rings is 2. The molecule has 0 bridgehead atoms. The molecule has 0 aliphatic carbocycles. The minimum absolute atomic E-state index is 0.208. The van der Waals surface area contributed by atoms with E-state index in [9.17, 15) is 9.70 Å². The number of ether oxygens (including phenoxy) is 3. The second kappa shape index (κ2) is 10.0. The van der Waals surface area contributed by atoms with Crippen LogP contribution in [0.4, 0.5) is 0 Å². The Bertz CT molecular complexity index is 764. The number of hydrogen-bond acceptors (Lipinski definition) is 6. The van der Waals surface area contributed by atoms with Crippen LogP contribution < -0.4 is 19.5 Å². The van der Waals surface area contributed by atoms with Gasteiger partial charge in [0.2, 0.25) is 0 Å². The van der Waals surface area contributed by atoms with Crippen LogP contribution in [0.3, 0.4) is 0 Å². The van der Waals surface area contributed by atoms with Gasteiger partial charge in [-0.05, 0) is 35.9 Å². The van der Waals surface area contributed by atoms with Crippen molar-refractivity contribution < 1.29 is 19.0 Å². The van der Waals surface area contributed by atoms with Crippen molar-refractivity contribution in [2.75, 3.05) is 34.4 Å². The fraction of sp³-hybridized carbons (Fsp3) is 0.316. The van der Waals surface area contributed by atoms with Gasteiger partial charge in [0.15, 0.2) is 11.5 Å². The van der Waals surface area contributed by atoms with E-state index >= 15 is 0 Å². The molecule has 0 atom stereocenters. The first kappa shape index (κ1) is 20.0. The van der Waals surface area contributed by atoms with Crippen LogP contribution in [0.15, 0.2) is 47.8 Å². The van der Waals surface area contributed by atoms with Crippen LogP contribution in [0.25, 0.3) is 0 Å². The molecule has 0 radical (unpaired) electrons. The Morgan fingerprint density at radius 3 is 2.41 bits per heavy atom. The van der Waals surface area contributed by atoms with Crippen molar-refractivity contribution in [1.82, 2.24) is 10.3 Å². The molecule has 0 heterocycles. The third-order valence-electron chi connectivity index (χ3n) is 3.85. The topological polar surface area (TPSA) is 89.5 Å². The molecule has 0 aliphatic rings. The highest BCUT2D eigenvalue weighted by Gasteiger charge is 2.10. The summed E-state index contributed by atoms with van der Waals surface area (Å²) in [6, 6.07) is 12.4. The van der Waals surface area contributed by atoms with E-state index in [0.717, 1.165) is 5.56 Å². The number of amides is 1. The van der Waals surface area contributed by atoms with E-state index in [1.165, 1.54) is 12.1 Å². The second-order valence-corrected chi connectivity index (χ2v) is 5.71. The molecule has 1 amide bonds. The summed E-state index contributed by atoms with van der Waals surface area (Å²) in [6.07, 6.45) is 0. The van der Waals surface area contributed by atoms with Crippen LogP contribution in [0.5, 0.6) is 17.2 Å². The van der Waals surface area contributed by atoms with Gasteiger partial charge in [-0.2, -0.15) is 0 Å². The summed E-state index contributed by atoms with van der Waals surface area (Å²) in [6.45, 7) is 1.15. The number of likely N-dealkylation sites (N-methyl/N-ethyl adjacent to an activating group) is 1. The summed E-state index contributed by atoms with van der Waals surface area (Å²) in [5.74, 6) is 1.55. The smallest absolute Gasteiger partial charge is 0.251 e. The summed E-state index contributed by atoms with van der Waals surface area (Å²) in [5, 5.41) is 6.89. The first-order valence-corrected chi connectivity index (χ1v) is 8.33. The Hall–Kier alpha value is -3.29. The number of methoxy groups -OCH3 is 2. The van der Waals surface area contributed by atoms with Crippen LogP contribution in [0.2, 0.25) is 0 Å².